The van der Waals surface area contributed by atoms with Gasteiger partial charge in [0.2, 0.25) is 0 Å². The van der Waals surface area contributed by atoms with Crippen molar-refractivity contribution in [1.82, 2.24) is 0 Å². The molecule has 1 aliphatic rings. The van der Waals surface area contributed by atoms with Crippen LogP contribution in [0.1, 0.15) is 35.7 Å². The van der Waals surface area contributed by atoms with Gasteiger partial charge < -0.3 is 19.5 Å². The van der Waals surface area contributed by atoms with Gasteiger partial charge in [0, 0.05) is 17.5 Å². The topological polar surface area (TPSA) is 56.8 Å². The van der Waals surface area contributed by atoms with Crippen LogP contribution in [0, 0.1) is 0 Å². The highest BCUT2D eigenvalue weighted by atomic mass is 16.5. The Kier molecular flexibility index (Phi) is 4.34. The third-order valence-corrected chi connectivity index (χ3v) is 4.45. The molecule has 2 aromatic carbocycles. The van der Waals surface area contributed by atoms with E-state index in [4.69, 9.17) is 14.2 Å². The number of amides is 1. The average Bonchev–Trinajstić information content (AvgIpc) is 2.89. The van der Waals surface area contributed by atoms with Gasteiger partial charge in [0.25, 0.3) is 5.91 Å². The molecule has 1 amide bonds. The van der Waals surface area contributed by atoms with Crippen molar-refractivity contribution in [1.29, 1.82) is 0 Å². The van der Waals surface area contributed by atoms with E-state index in [0.29, 0.717) is 28.5 Å². The summed E-state index contributed by atoms with van der Waals surface area (Å²) >= 11 is 0. The molecule has 0 aromatic heterocycles. The zero-order valence-corrected chi connectivity index (χ0v) is 14.3. The molecule has 5 nitrogen and oxygen atoms in total. The SMILES string of the molecule is COc1ccc(NC(=O)c2cccc3c2OC(C)C3C)c(OC)c1. The van der Waals surface area contributed by atoms with E-state index in [2.05, 4.69) is 12.2 Å². The number of fused-ring (bicyclic) bond motifs is 1. The summed E-state index contributed by atoms with van der Waals surface area (Å²) in [5.74, 6) is 1.91. The third-order valence-electron chi connectivity index (χ3n) is 4.45. The summed E-state index contributed by atoms with van der Waals surface area (Å²) in [6, 6.07) is 10.9. The minimum atomic E-state index is -0.225. The Bertz CT molecular complexity index is 772. The highest BCUT2D eigenvalue weighted by Crippen LogP contribution is 2.40. The fourth-order valence-electron chi connectivity index (χ4n) is 2.86. The molecule has 0 spiro atoms. The number of hydrogen-bond acceptors (Lipinski definition) is 4. The summed E-state index contributed by atoms with van der Waals surface area (Å²) in [6.07, 6.45) is 0.0597. The highest BCUT2D eigenvalue weighted by molar-refractivity contribution is 6.07. The average molecular weight is 327 g/mol. The van der Waals surface area contributed by atoms with E-state index in [1.54, 1.807) is 38.5 Å². The number of carbonyl (C=O) groups excluding carboxylic acids is 1. The van der Waals surface area contributed by atoms with Gasteiger partial charge in [-0.15, -0.1) is 0 Å². The van der Waals surface area contributed by atoms with Crippen LogP contribution in [0.3, 0.4) is 0 Å². The monoisotopic (exact) mass is 327 g/mol. The van der Waals surface area contributed by atoms with E-state index < -0.39 is 0 Å². The van der Waals surface area contributed by atoms with Gasteiger partial charge in [-0.1, -0.05) is 19.1 Å². The van der Waals surface area contributed by atoms with Crippen molar-refractivity contribution >= 4 is 11.6 Å². The molecule has 1 N–H and O–H groups in total. The zero-order chi connectivity index (χ0) is 17.3. The summed E-state index contributed by atoms with van der Waals surface area (Å²) in [5, 5.41) is 2.89. The molecule has 5 heteroatoms. The van der Waals surface area contributed by atoms with Gasteiger partial charge in [-0.3, -0.25) is 4.79 Å². The lowest BCUT2D eigenvalue weighted by atomic mass is 9.97. The number of para-hydroxylation sites is 1. The van der Waals surface area contributed by atoms with Crippen molar-refractivity contribution in [3.63, 3.8) is 0 Å². The number of methoxy groups -OCH3 is 2. The van der Waals surface area contributed by atoms with Crippen molar-refractivity contribution in [2.45, 2.75) is 25.9 Å². The van der Waals surface area contributed by atoms with Crippen molar-refractivity contribution in [3.8, 4) is 17.2 Å². The van der Waals surface area contributed by atoms with Crippen LogP contribution in [0.25, 0.3) is 0 Å². The second-order valence-electron chi connectivity index (χ2n) is 5.86. The van der Waals surface area contributed by atoms with E-state index in [9.17, 15) is 4.79 Å². The summed E-state index contributed by atoms with van der Waals surface area (Å²) in [4.78, 5) is 12.7. The Hall–Kier alpha value is -2.69. The number of benzene rings is 2. The van der Waals surface area contributed by atoms with Crippen LogP contribution >= 0.6 is 0 Å². The number of rotatable bonds is 4. The van der Waals surface area contributed by atoms with Crippen molar-refractivity contribution in [2.75, 3.05) is 19.5 Å². The van der Waals surface area contributed by atoms with Gasteiger partial charge in [-0.05, 0) is 25.1 Å². The van der Waals surface area contributed by atoms with E-state index in [0.717, 1.165) is 5.56 Å². The van der Waals surface area contributed by atoms with Crippen LogP contribution in [-0.2, 0) is 0 Å². The second-order valence-corrected chi connectivity index (χ2v) is 5.86. The molecular weight excluding hydrogens is 306 g/mol. The number of hydrogen-bond donors (Lipinski definition) is 1. The smallest absolute Gasteiger partial charge is 0.259 e. The largest absolute Gasteiger partial charge is 0.497 e. The maximum atomic E-state index is 12.7. The first-order chi connectivity index (χ1) is 11.5. The van der Waals surface area contributed by atoms with Crippen molar-refractivity contribution in [2.24, 2.45) is 0 Å². The Morgan fingerprint density at radius 1 is 1.12 bits per heavy atom. The van der Waals surface area contributed by atoms with E-state index in [1.165, 1.54) is 0 Å². The fourth-order valence-corrected chi connectivity index (χ4v) is 2.86. The molecular formula is C19H21NO4. The van der Waals surface area contributed by atoms with Crippen LogP contribution in [0.15, 0.2) is 36.4 Å². The Morgan fingerprint density at radius 2 is 1.92 bits per heavy atom. The van der Waals surface area contributed by atoms with Gasteiger partial charge in [-0.25, -0.2) is 0 Å². The molecule has 0 radical (unpaired) electrons. The molecule has 0 saturated heterocycles. The van der Waals surface area contributed by atoms with Gasteiger partial charge in [0.1, 0.15) is 23.4 Å². The molecule has 1 aliphatic heterocycles. The molecule has 2 aromatic rings. The van der Waals surface area contributed by atoms with Crippen LogP contribution in [0.4, 0.5) is 5.69 Å². The number of nitrogens with one attached hydrogen (secondary N) is 1. The normalized spacial score (nSPS) is 18.5. The van der Waals surface area contributed by atoms with Gasteiger partial charge in [0.05, 0.1) is 25.5 Å². The Labute approximate surface area is 141 Å². The number of anilines is 1. The minimum absolute atomic E-state index is 0.0597. The molecule has 2 atom stereocenters. The van der Waals surface area contributed by atoms with E-state index in [-0.39, 0.29) is 17.9 Å². The summed E-state index contributed by atoms with van der Waals surface area (Å²) < 4.78 is 16.4. The van der Waals surface area contributed by atoms with Gasteiger partial charge in [0.15, 0.2) is 0 Å². The maximum absolute atomic E-state index is 12.7. The standard InChI is InChI=1S/C19H21NO4/c1-11-12(2)24-18-14(11)6-5-7-15(18)19(21)20-16-9-8-13(22-3)10-17(16)23-4/h5-12H,1-4H3,(H,20,21). The highest BCUT2D eigenvalue weighted by Gasteiger charge is 2.31. The quantitative estimate of drug-likeness (QED) is 0.927. The fraction of sp³-hybridized carbons (Fsp3) is 0.316. The molecule has 1 heterocycles. The molecule has 24 heavy (non-hydrogen) atoms. The molecule has 0 bridgehead atoms. The van der Waals surface area contributed by atoms with Crippen LogP contribution in [0.2, 0.25) is 0 Å². The summed E-state index contributed by atoms with van der Waals surface area (Å²) in [7, 11) is 3.14. The Balaban J connectivity index is 1.90. The van der Waals surface area contributed by atoms with Crippen LogP contribution < -0.4 is 19.5 Å². The molecule has 126 valence electrons. The van der Waals surface area contributed by atoms with Crippen LogP contribution in [-0.4, -0.2) is 26.2 Å². The lowest BCUT2D eigenvalue weighted by Crippen LogP contribution is -2.15. The predicted molar refractivity (Wildman–Crippen MR) is 92.4 cm³/mol. The number of carbonyl (C=O) groups is 1. The molecule has 0 fully saturated rings. The third kappa shape index (κ3) is 2.77. The summed E-state index contributed by atoms with van der Waals surface area (Å²) in [5.41, 5.74) is 2.18. The maximum Gasteiger partial charge on any atom is 0.259 e. The van der Waals surface area contributed by atoms with E-state index >= 15 is 0 Å². The summed E-state index contributed by atoms with van der Waals surface area (Å²) in [6.45, 7) is 4.11. The molecule has 2 unspecified atom stereocenters. The first kappa shape index (κ1) is 16.2. The zero-order valence-electron chi connectivity index (χ0n) is 14.3. The second kappa shape index (κ2) is 6.43. The lowest BCUT2D eigenvalue weighted by molar-refractivity contribution is 0.102. The van der Waals surface area contributed by atoms with Gasteiger partial charge in [-0.2, -0.15) is 0 Å². The van der Waals surface area contributed by atoms with E-state index in [1.807, 2.05) is 19.1 Å². The number of ether oxygens (including phenoxy) is 3. The first-order valence-corrected chi connectivity index (χ1v) is 7.88. The van der Waals surface area contributed by atoms with Crippen molar-refractivity contribution in [3.05, 3.63) is 47.5 Å². The Morgan fingerprint density at radius 3 is 2.62 bits per heavy atom. The molecule has 0 aliphatic carbocycles. The molecule has 3 rings (SSSR count). The minimum Gasteiger partial charge on any atom is -0.497 e. The lowest BCUT2D eigenvalue weighted by Gasteiger charge is -2.13. The van der Waals surface area contributed by atoms with Gasteiger partial charge >= 0.3 is 0 Å². The predicted octanol–water partition coefficient (Wildman–Crippen LogP) is 3.84. The van der Waals surface area contributed by atoms with Crippen molar-refractivity contribution < 1.29 is 19.0 Å². The van der Waals surface area contributed by atoms with Crippen LogP contribution in [0.5, 0.6) is 17.2 Å². The first-order valence-electron chi connectivity index (χ1n) is 7.88. The molecule has 0 saturated carbocycles.